The molecular weight excluding hydrogens is 248 g/mol. The molecule has 1 aromatic carbocycles. The fraction of sp³-hybridized carbons (Fsp3) is 0.429. The minimum atomic E-state index is -1.07. The van der Waals surface area contributed by atoms with Crippen molar-refractivity contribution in [2.75, 3.05) is 13.2 Å². The molecule has 5 heteroatoms. The van der Waals surface area contributed by atoms with Gasteiger partial charge in [0.25, 0.3) is 0 Å². The van der Waals surface area contributed by atoms with Gasteiger partial charge in [0, 0.05) is 6.61 Å². The van der Waals surface area contributed by atoms with E-state index in [2.05, 4.69) is 0 Å². The van der Waals surface area contributed by atoms with Crippen molar-refractivity contribution in [3.05, 3.63) is 34.9 Å². The van der Waals surface area contributed by atoms with Gasteiger partial charge in [-0.1, -0.05) is 6.07 Å². The van der Waals surface area contributed by atoms with E-state index < -0.39 is 11.9 Å². The normalized spacial score (nSPS) is 10.2. The zero-order chi connectivity index (χ0) is 14.3. The minimum absolute atomic E-state index is 0.0674. The van der Waals surface area contributed by atoms with Crippen LogP contribution >= 0.6 is 0 Å². The average molecular weight is 266 g/mol. The molecule has 0 atom stereocenters. The number of esters is 1. The summed E-state index contributed by atoms with van der Waals surface area (Å²) in [5.41, 5.74) is 1.03. The van der Waals surface area contributed by atoms with E-state index in [4.69, 9.17) is 14.9 Å². The Kier molecular flexibility index (Phi) is 6.02. The van der Waals surface area contributed by atoms with Gasteiger partial charge in [0.15, 0.2) is 0 Å². The Morgan fingerprint density at radius 3 is 2.58 bits per heavy atom. The van der Waals surface area contributed by atoms with Gasteiger partial charge in [-0.3, -0.25) is 0 Å². The third kappa shape index (κ3) is 4.71. The first-order chi connectivity index (χ1) is 9.06. The third-order valence-electron chi connectivity index (χ3n) is 2.74. The van der Waals surface area contributed by atoms with E-state index in [9.17, 15) is 9.59 Å². The molecule has 0 radical (unpaired) electrons. The van der Waals surface area contributed by atoms with Crippen molar-refractivity contribution in [1.82, 2.24) is 0 Å². The summed E-state index contributed by atoms with van der Waals surface area (Å²) in [6.07, 6.45) is 2.16. The van der Waals surface area contributed by atoms with Crippen LogP contribution < -0.4 is 0 Å². The Labute approximate surface area is 111 Å². The summed E-state index contributed by atoms with van der Waals surface area (Å²) in [5, 5.41) is 17.5. The zero-order valence-corrected chi connectivity index (χ0v) is 10.9. The first-order valence-corrected chi connectivity index (χ1v) is 6.18. The second kappa shape index (κ2) is 7.53. The summed E-state index contributed by atoms with van der Waals surface area (Å²) in [6, 6.07) is 4.37. The fourth-order valence-corrected chi connectivity index (χ4v) is 1.61. The van der Waals surface area contributed by atoms with Crippen LogP contribution in [0.2, 0.25) is 0 Å². The largest absolute Gasteiger partial charge is 0.478 e. The van der Waals surface area contributed by atoms with E-state index in [1.165, 1.54) is 12.1 Å². The molecule has 2 N–H and O–H groups in total. The third-order valence-corrected chi connectivity index (χ3v) is 2.74. The van der Waals surface area contributed by atoms with Crippen molar-refractivity contribution in [1.29, 1.82) is 0 Å². The second-order valence-corrected chi connectivity index (χ2v) is 4.26. The van der Waals surface area contributed by atoms with Crippen LogP contribution in [0.1, 0.15) is 45.5 Å². The number of unbranched alkanes of at least 4 members (excludes halogenated alkanes) is 2. The molecule has 5 nitrogen and oxygen atoms in total. The molecular formula is C14H18O5. The highest BCUT2D eigenvalue weighted by Crippen LogP contribution is 2.13. The molecule has 0 bridgehead atoms. The van der Waals surface area contributed by atoms with Gasteiger partial charge >= 0.3 is 11.9 Å². The fourth-order valence-electron chi connectivity index (χ4n) is 1.61. The molecule has 0 aliphatic carbocycles. The summed E-state index contributed by atoms with van der Waals surface area (Å²) in [7, 11) is 0. The first-order valence-electron chi connectivity index (χ1n) is 6.18. The summed E-state index contributed by atoms with van der Waals surface area (Å²) in [5.74, 6) is -1.58. The molecule has 0 aliphatic heterocycles. The number of aliphatic hydroxyl groups is 1. The van der Waals surface area contributed by atoms with Crippen LogP contribution in [-0.4, -0.2) is 35.4 Å². The van der Waals surface area contributed by atoms with Crippen LogP contribution in [0.3, 0.4) is 0 Å². The zero-order valence-electron chi connectivity index (χ0n) is 10.9. The minimum Gasteiger partial charge on any atom is -0.478 e. The van der Waals surface area contributed by atoms with Crippen LogP contribution in [0.25, 0.3) is 0 Å². The number of rotatable bonds is 7. The van der Waals surface area contributed by atoms with E-state index in [0.717, 1.165) is 6.42 Å². The van der Waals surface area contributed by atoms with Crippen LogP contribution in [-0.2, 0) is 4.74 Å². The standard InChI is InChI=1S/C14H18O5/c1-10-5-6-11(13(16)17)9-12(10)14(18)19-8-4-2-3-7-15/h5-6,9,15H,2-4,7-8H2,1H3,(H,16,17). The van der Waals surface area contributed by atoms with E-state index in [0.29, 0.717) is 18.4 Å². The van der Waals surface area contributed by atoms with Crippen molar-refractivity contribution in [2.45, 2.75) is 26.2 Å². The van der Waals surface area contributed by atoms with E-state index in [1.54, 1.807) is 13.0 Å². The predicted molar refractivity (Wildman–Crippen MR) is 69.4 cm³/mol. The molecule has 0 aromatic heterocycles. The Bertz CT molecular complexity index is 453. The van der Waals surface area contributed by atoms with Gasteiger partial charge < -0.3 is 14.9 Å². The Hall–Kier alpha value is -1.88. The lowest BCUT2D eigenvalue weighted by atomic mass is 10.1. The number of aromatic carboxylic acids is 1. The van der Waals surface area contributed by atoms with Crippen molar-refractivity contribution >= 4 is 11.9 Å². The van der Waals surface area contributed by atoms with E-state index >= 15 is 0 Å². The molecule has 0 saturated carbocycles. The quantitative estimate of drug-likeness (QED) is 0.582. The van der Waals surface area contributed by atoms with Crippen molar-refractivity contribution < 1.29 is 24.5 Å². The van der Waals surface area contributed by atoms with Crippen LogP contribution in [0, 0.1) is 6.92 Å². The second-order valence-electron chi connectivity index (χ2n) is 4.26. The Morgan fingerprint density at radius 1 is 1.21 bits per heavy atom. The lowest BCUT2D eigenvalue weighted by Crippen LogP contribution is -2.10. The average Bonchev–Trinajstić information content (AvgIpc) is 2.38. The lowest BCUT2D eigenvalue weighted by molar-refractivity contribution is 0.0496. The van der Waals surface area contributed by atoms with Gasteiger partial charge in [0.2, 0.25) is 0 Å². The number of ether oxygens (including phenoxy) is 1. The number of benzene rings is 1. The molecule has 0 amide bonds. The summed E-state index contributed by atoms with van der Waals surface area (Å²) < 4.78 is 5.08. The number of carboxylic acid groups (broad SMARTS) is 1. The number of carboxylic acids is 1. The van der Waals surface area contributed by atoms with Gasteiger partial charge in [-0.05, 0) is 43.9 Å². The molecule has 104 valence electrons. The number of carbonyl (C=O) groups excluding carboxylic acids is 1. The van der Waals surface area contributed by atoms with E-state index in [-0.39, 0.29) is 24.3 Å². The maximum Gasteiger partial charge on any atom is 0.338 e. The smallest absolute Gasteiger partial charge is 0.338 e. The number of hydrogen-bond acceptors (Lipinski definition) is 4. The Morgan fingerprint density at radius 2 is 1.95 bits per heavy atom. The highest BCUT2D eigenvalue weighted by molar-refractivity contribution is 5.95. The molecule has 0 saturated heterocycles. The predicted octanol–water partition coefficient (Wildman–Crippen LogP) is 2.01. The topological polar surface area (TPSA) is 83.8 Å². The van der Waals surface area contributed by atoms with Gasteiger partial charge in [0.05, 0.1) is 17.7 Å². The molecule has 1 aromatic rings. The van der Waals surface area contributed by atoms with Crippen LogP contribution in [0.5, 0.6) is 0 Å². The Balaban J connectivity index is 2.61. The van der Waals surface area contributed by atoms with Crippen molar-refractivity contribution in [2.24, 2.45) is 0 Å². The van der Waals surface area contributed by atoms with Crippen LogP contribution in [0.4, 0.5) is 0 Å². The van der Waals surface area contributed by atoms with E-state index in [1.807, 2.05) is 0 Å². The molecule has 0 unspecified atom stereocenters. The SMILES string of the molecule is Cc1ccc(C(=O)O)cc1C(=O)OCCCCCO. The summed E-state index contributed by atoms with van der Waals surface area (Å²) in [4.78, 5) is 22.7. The lowest BCUT2D eigenvalue weighted by Gasteiger charge is -2.07. The molecule has 1 rings (SSSR count). The maximum absolute atomic E-state index is 11.8. The molecule has 0 spiro atoms. The van der Waals surface area contributed by atoms with Gasteiger partial charge in [-0.2, -0.15) is 0 Å². The molecule has 0 aliphatic rings. The summed E-state index contributed by atoms with van der Waals surface area (Å²) in [6.45, 7) is 2.14. The number of carbonyl (C=O) groups is 2. The van der Waals surface area contributed by atoms with Gasteiger partial charge in [-0.15, -0.1) is 0 Å². The first kappa shape index (κ1) is 15.2. The highest BCUT2D eigenvalue weighted by Gasteiger charge is 2.13. The molecule has 0 fully saturated rings. The van der Waals surface area contributed by atoms with Gasteiger partial charge in [-0.25, -0.2) is 9.59 Å². The van der Waals surface area contributed by atoms with Crippen molar-refractivity contribution in [3.8, 4) is 0 Å². The summed E-state index contributed by atoms with van der Waals surface area (Å²) >= 11 is 0. The van der Waals surface area contributed by atoms with Crippen LogP contribution in [0.15, 0.2) is 18.2 Å². The number of aliphatic hydroxyl groups excluding tert-OH is 1. The number of hydrogen-bond donors (Lipinski definition) is 2. The maximum atomic E-state index is 11.8. The monoisotopic (exact) mass is 266 g/mol. The molecule has 19 heavy (non-hydrogen) atoms. The van der Waals surface area contributed by atoms with Crippen molar-refractivity contribution in [3.63, 3.8) is 0 Å². The molecule has 0 heterocycles. The highest BCUT2D eigenvalue weighted by atomic mass is 16.5. The number of aryl methyl sites for hydroxylation is 1. The van der Waals surface area contributed by atoms with Gasteiger partial charge in [0.1, 0.15) is 0 Å².